The lowest BCUT2D eigenvalue weighted by Crippen LogP contribution is -2.66. The van der Waals surface area contributed by atoms with Crippen LogP contribution >= 0.6 is 0 Å². The summed E-state index contributed by atoms with van der Waals surface area (Å²) in [5.41, 5.74) is -2.59. The van der Waals surface area contributed by atoms with Gasteiger partial charge in [0.05, 0.1) is 17.9 Å². The molecule has 0 aromatic heterocycles. The number of carbonyl (C=O) groups is 2. The van der Waals surface area contributed by atoms with E-state index in [-0.39, 0.29) is 53.8 Å². The third-order valence-corrected chi connectivity index (χ3v) is 14.0. The molecule has 0 amide bonds. The van der Waals surface area contributed by atoms with Crippen molar-refractivity contribution in [3.8, 4) is 0 Å². The summed E-state index contributed by atoms with van der Waals surface area (Å²) < 4.78 is 40.5. The maximum Gasteiger partial charge on any atom is 0.315 e. The van der Waals surface area contributed by atoms with Gasteiger partial charge in [0.2, 0.25) is 9.04 Å². The molecule has 10 heteroatoms. The molecule has 9 nitrogen and oxygen atoms in total. The number of aliphatic carboxylic acids is 1. The second kappa shape index (κ2) is 10.7. The van der Waals surface area contributed by atoms with Crippen molar-refractivity contribution >= 4 is 21.3 Å². The van der Waals surface area contributed by atoms with E-state index in [0.29, 0.717) is 25.4 Å². The van der Waals surface area contributed by atoms with Crippen LogP contribution in [0.1, 0.15) is 87.0 Å². The number of hydrogen-bond donors (Lipinski definition) is 1. The third-order valence-electron chi connectivity index (χ3n) is 13.3. The van der Waals surface area contributed by atoms with Crippen LogP contribution in [0.5, 0.6) is 0 Å². The molecule has 1 N–H and O–H groups in total. The van der Waals surface area contributed by atoms with Crippen LogP contribution in [-0.4, -0.2) is 69.9 Å². The molecule has 8 rings (SSSR count). The highest BCUT2D eigenvalue weighted by Crippen LogP contribution is 2.83. The van der Waals surface area contributed by atoms with E-state index in [4.69, 9.17) is 28.1 Å². The smallest absolute Gasteiger partial charge is 0.315 e. The highest BCUT2D eigenvalue weighted by atomic mass is 28.3. The second-order valence-corrected chi connectivity index (χ2v) is 19.3. The minimum Gasteiger partial charge on any atom is -0.481 e. The van der Waals surface area contributed by atoms with Gasteiger partial charge in [-0.05, 0) is 73.8 Å². The van der Waals surface area contributed by atoms with Crippen molar-refractivity contribution in [1.82, 2.24) is 0 Å². The number of fused-ring (bicyclic) bond motifs is 2. The number of ether oxygens (including phenoxy) is 5. The zero-order valence-corrected chi connectivity index (χ0v) is 30.2. The van der Waals surface area contributed by atoms with Crippen molar-refractivity contribution < 1.29 is 42.8 Å². The Bertz CT molecular complexity index is 1290. The fourth-order valence-corrected chi connectivity index (χ4v) is 12.7. The molecular formula is C36H55O9Si. The van der Waals surface area contributed by atoms with Crippen molar-refractivity contribution in [2.75, 3.05) is 13.2 Å². The zero-order chi connectivity index (χ0) is 33.2. The summed E-state index contributed by atoms with van der Waals surface area (Å²) in [6.07, 6.45) is 6.98. The first-order valence-corrected chi connectivity index (χ1v) is 20.2. The van der Waals surface area contributed by atoms with E-state index in [1.54, 1.807) is 0 Å². The van der Waals surface area contributed by atoms with Gasteiger partial charge in [0.15, 0.2) is 6.10 Å². The lowest BCUT2D eigenvalue weighted by Gasteiger charge is -2.59. The van der Waals surface area contributed by atoms with E-state index in [2.05, 4.69) is 54.5 Å². The molecule has 46 heavy (non-hydrogen) atoms. The molecule has 4 heterocycles. The summed E-state index contributed by atoms with van der Waals surface area (Å²) in [6, 6.07) is 0. The van der Waals surface area contributed by atoms with Crippen LogP contribution < -0.4 is 0 Å². The molecule has 4 aliphatic heterocycles. The number of carboxylic acid groups (broad SMARTS) is 1. The minimum atomic E-state index is -1.51. The average molecular weight is 660 g/mol. The van der Waals surface area contributed by atoms with E-state index >= 15 is 0 Å². The fraction of sp³-hybridized carbons (Fsp3) is 0.889. The number of allylic oxidation sites excluding steroid dienone is 1. The molecule has 8 aliphatic rings. The number of hydrogen-bond acceptors (Lipinski definition) is 8. The molecule has 13 unspecified atom stereocenters. The van der Waals surface area contributed by atoms with Gasteiger partial charge < -0.3 is 33.3 Å². The van der Waals surface area contributed by atoms with Crippen molar-refractivity contribution in [2.24, 2.45) is 57.2 Å². The van der Waals surface area contributed by atoms with E-state index in [1.807, 2.05) is 13.1 Å². The van der Waals surface area contributed by atoms with Gasteiger partial charge in [-0.2, -0.15) is 0 Å². The minimum absolute atomic E-state index is 0.0116. The maximum absolute atomic E-state index is 14.0. The van der Waals surface area contributed by atoms with Gasteiger partial charge in [-0.1, -0.05) is 73.0 Å². The standard InChI is InChI=1S/C36H55O9Si/c1-10-11-14-40-27-26-28(31(5,6)7)35(43-29(27)36(42-26,44-35)45-46(8)9)41-19-33-17-23-21(4)12-13-24(23)32(18-37)16-22(33)15-25(20(2)3)34(32,33)30(38)39/h15,18,20-24,26-29H,10-14,16-17,19H2,1-9H3,(H,38,39). The Labute approximate surface area is 276 Å². The second-order valence-electron chi connectivity index (χ2n) is 17.2. The van der Waals surface area contributed by atoms with Gasteiger partial charge >= 0.3 is 11.9 Å². The summed E-state index contributed by atoms with van der Waals surface area (Å²) in [5, 5.41) is 11.5. The van der Waals surface area contributed by atoms with Gasteiger partial charge in [-0.15, -0.1) is 0 Å². The van der Waals surface area contributed by atoms with Crippen LogP contribution in [0.4, 0.5) is 0 Å². The zero-order valence-electron chi connectivity index (χ0n) is 29.2. The molecule has 8 bridgehead atoms. The van der Waals surface area contributed by atoms with Crippen molar-refractivity contribution in [3.05, 3.63) is 11.6 Å². The Morgan fingerprint density at radius 3 is 2.52 bits per heavy atom. The Morgan fingerprint density at radius 2 is 1.91 bits per heavy atom. The summed E-state index contributed by atoms with van der Waals surface area (Å²) in [5.74, 6) is -3.57. The van der Waals surface area contributed by atoms with E-state index in [1.165, 1.54) is 0 Å². The molecule has 0 aromatic carbocycles. The predicted octanol–water partition coefficient (Wildman–Crippen LogP) is 6.18. The lowest BCUT2D eigenvalue weighted by molar-refractivity contribution is -0.491. The molecule has 4 aliphatic carbocycles. The predicted molar refractivity (Wildman–Crippen MR) is 170 cm³/mol. The topological polar surface area (TPSA) is 110 Å². The monoisotopic (exact) mass is 659 g/mol. The molecule has 3 saturated carbocycles. The number of rotatable bonds is 12. The molecule has 4 saturated heterocycles. The van der Waals surface area contributed by atoms with Crippen molar-refractivity contribution in [3.63, 3.8) is 0 Å². The third kappa shape index (κ3) is 3.95. The molecule has 0 aromatic rings. The number of carboxylic acids is 1. The fourth-order valence-electron chi connectivity index (χ4n) is 11.9. The van der Waals surface area contributed by atoms with E-state index in [9.17, 15) is 14.7 Å². The molecule has 1 radical (unpaired) electrons. The highest BCUT2D eigenvalue weighted by molar-refractivity contribution is 6.48. The molecule has 13 atom stereocenters. The van der Waals surface area contributed by atoms with Crippen LogP contribution in [0.15, 0.2) is 11.6 Å². The SMILES string of the molecule is CCCCOC1C2OC3(O[Si](C)C)OC(OCC45CC6C(C)CCC6C6(C=O)CC4C=C(C(C)C)C65C(=O)O)(OC13)C2C(C)(C)C. The van der Waals surface area contributed by atoms with Crippen LogP contribution in [-0.2, 0) is 37.7 Å². The highest BCUT2D eigenvalue weighted by Gasteiger charge is 2.86. The first-order valence-electron chi connectivity index (χ1n) is 17.8. The first-order chi connectivity index (χ1) is 21.6. The first kappa shape index (κ1) is 33.4. The van der Waals surface area contributed by atoms with Gasteiger partial charge in [0, 0.05) is 12.0 Å². The Kier molecular flexibility index (Phi) is 7.74. The summed E-state index contributed by atoms with van der Waals surface area (Å²) >= 11 is 0. The van der Waals surface area contributed by atoms with Crippen LogP contribution in [0.2, 0.25) is 13.1 Å². The quantitative estimate of drug-likeness (QED) is 0.114. The van der Waals surface area contributed by atoms with Crippen molar-refractivity contribution in [2.45, 2.75) is 130 Å². The molecular weight excluding hydrogens is 604 g/mol. The van der Waals surface area contributed by atoms with Crippen LogP contribution in [0.3, 0.4) is 0 Å². The summed E-state index contributed by atoms with van der Waals surface area (Å²) in [6.45, 7) is 19.7. The number of unbranched alkanes of at least 4 members (excludes halogenated alkanes) is 1. The average Bonchev–Trinajstić information content (AvgIpc) is 3.65. The van der Waals surface area contributed by atoms with E-state index in [0.717, 1.165) is 37.5 Å². The number of aldehydes is 1. The molecule has 7 fully saturated rings. The largest absolute Gasteiger partial charge is 0.481 e. The van der Waals surface area contributed by atoms with Gasteiger partial charge in [0.25, 0.3) is 5.97 Å². The van der Waals surface area contributed by atoms with Gasteiger partial charge in [-0.3, -0.25) is 9.53 Å². The Hall–Kier alpha value is -1.14. The number of carbonyl (C=O) groups excluding carboxylic acids is 1. The maximum atomic E-state index is 14.0. The molecule has 257 valence electrons. The Balaban J connectivity index is 1.32. The van der Waals surface area contributed by atoms with Gasteiger partial charge in [0.1, 0.15) is 23.9 Å². The van der Waals surface area contributed by atoms with Crippen LogP contribution in [0.25, 0.3) is 0 Å². The lowest BCUT2D eigenvalue weighted by atomic mass is 9.43. The normalized spacial score (nSPS) is 49.8. The van der Waals surface area contributed by atoms with Gasteiger partial charge in [-0.25, -0.2) is 0 Å². The van der Waals surface area contributed by atoms with Crippen molar-refractivity contribution in [1.29, 1.82) is 0 Å². The molecule has 0 spiro atoms. The Morgan fingerprint density at radius 1 is 1.17 bits per heavy atom. The summed E-state index contributed by atoms with van der Waals surface area (Å²) in [4.78, 5) is 27.5. The van der Waals surface area contributed by atoms with E-state index < -0.39 is 49.3 Å². The van der Waals surface area contributed by atoms with Crippen LogP contribution in [0, 0.1) is 57.2 Å². The summed E-state index contributed by atoms with van der Waals surface area (Å²) in [7, 11) is -1.29.